The van der Waals surface area contributed by atoms with E-state index < -0.39 is 5.60 Å². The van der Waals surface area contributed by atoms with Crippen LogP contribution in [-0.4, -0.2) is 31.7 Å². The van der Waals surface area contributed by atoms with Crippen molar-refractivity contribution >= 4 is 22.0 Å². The summed E-state index contributed by atoms with van der Waals surface area (Å²) in [5, 5.41) is 0. The van der Waals surface area contributed by atoms with E-state index in [1.165, 1.54) is 0 Å². The van der Waals surface area contributed by atoms with Gasteiger partial charge in [0.1, 0.15) is 5.60 Å². The fourth-order valence-corrected chi connectivity index (χ4v) is 2.61. The number of fused-ring (bicyclic) bond motifs is 1. The van der Waals surface area contributed by atoms with Gasteiger partial charge in [0.15, 0.2) is 4.73 Å². The molecule has 1 aromatic rings. The van der Waals surface area contributed by atoms with Gasteiger partial charge in [-0.15, -0.1) is 0 Å². The number of amides is 1. The predicted octanol–water partition coefficient (Wildman–Crippen LogP) is 3.17. The Bertz CT molecular complexity index is 502. The molecule has 0 aromatic carbocycles. The minimum Gasteiger partial charge on any atom is -0.444 e. The normalized spacial score (nSPS) is 18.1. The van der Waals surface area contributed by atoms with Crippen molar-refractivity contribution in [2.45, 2.75) is 58.8 Å². The van der Waals surface area contributed by atoms with Crippen molar-refractivity contribution in [3.63, 3.8) is 0 Å². The smallest absolute Gasteiger partial charge is 0.411 e. The summed E-state index contributed by atoms with van der Waals surface area (Å²) in [6.07, 6.45) is 1.51. The van der Waals surface area contributed by atoms with Crippen LogP contribution < -0.4 is 0 Å². The first-order valence-corrected chi connectivity index (χ1v) is 7.10. The van der Waals surface area contributed by atoms with Crippen molar-refractivity contribution in [1.29, 1.82) is 0 Å². The minimum absolute atomic E-state index is 0.277. The van der Waals surface area contributed by atoms with E-state index >= 15 is 0 Å². The molecule has 0 saturated heterocycles. The van der Waals surface area contributed by atoms with Crippen LogP contribution in [0.3, 0.4) is 0 Å². The maximum absolute atomic E-state index is 12.3. The number of imidazole rings is 1. The second-order valence-corrected chi connectivity index (χ2v) is 7.19. The molecule has 5 nitrogen and oxygen atoms in total. The SMILES string of the molecule is CC(C)(C)OC(=O)N1Cc2cnc(Br)n2CC1(C)C. The Labute approximate surface area is 122 Å². The molecule has 0 atom stereocenters. The van der Waals surface area contributed by atoms with Gasteiger partial charge in [0.05, 0.1) is 24.0 Å². The molecular formula is C13H20BrN3O2. The van der Waals surface area contributed by atoms with Crippen molar-refractivity contribution in [2.24, 2.45) is 0 Å². The van der Waals surface area contributed by atoms with Crippen molar-refractivity contribution in [2.75, 3.05) is 0 Å². The van der Waals surface area contributed by atoms with Gasteiger partial charge in [0.2, 0.25) is 0 Å². The topological polar surface area (TPSA) is 47.4 Å². The molecule has 2 heterocycles. The number of nitrogens with zero attached hydrogens (tertiary/aromatic N) is 3. The van der Waals surface area contributed by atoms with Gasteiger partial charge in [0.25, 0.3) is 0 Å². The highest BCUT2D eigenvalue weighted by molar-refractivity contribution is 9.10. The molecule has 0 saturated carbocycles. The average molecular weight is 330 g/mol. The van der Waals surface area contributed by atoms with E-state index in [1.54, 1.807) is 11.1 Å². The predicted molar refractivity (Wildman–Crippen MR) is 75.8 cm³/mol. The summed E-state index contributed by atoms with van der Waals surface area (Å²) in [4.78, 5) is 18.3. The van der Waals surface area contributed by atoms with Gasteiger partial charge < -0.3 is 9.30 Å². The summed E-state index contributed by atoms with van der Waals surface area (Å²) in [7, 11) is 0. The molecule has 106 valence electrons. The zero-order chi connectivity index (χ0) is 14.4. The molecule has 6 heteroatoms. The number of halogens is 1. The summed E-state index contributed by atoms with van der Waals surface area (Å²) >= 11 is 3.43. The van der Waals surface area contributed by atoms with Crippen LogP contribution in [0.2, 0.25) is 0 Å². The molecular weight excluding hydrogens is 310 g/mol. The molecule has 0 aliphatic carbocycles. The molecule has 0 spiro atoms. The van der Waals surface area contributed by atoms with E-state index in [9.17, 15) is 4.79 Å². The molecule has 1 amide bonds. The average Bonchev–Trinajstić information content (AvgIpc) is 2.55. The molecule has 0 unspecified atom stereocenters. The highest BCUT2D eigenvalue weighted by Crippen LogP contribution is 2.30. The molecule has 0 fully saturated rings. The Hall–Kier alpha value is -1.04. The van der Waals surface area contributed by atoms with Crippen LogP contribution in [0.15, 0.2) is 10.9 Å². The van der Waals surface area contributed by atoms with Crippen LogP contribution in [0.4, 0.5) is 4.79 Å². The van der Waals surface area contributed by atoms with E-state index in [0.29, 0.717) is 13.1 Å². The first kappa shape index (κ1) is 14.4. The number of rotatable bonds is 0. The molecule has 1 aliphatic heterocycles. The first-order chi connectivity index (χ1) is 8.60. The van der Waals surface area contributed by atoms with E-state index in [0.717, 1.165) is 10.4 Å². The third-order valence-corrected chi connectivity index (χ3v) is 3.73. The van der Waals surface area contributed by atoms with Crippen LogP contribution in [0.25, 0.3) is 0 Å². The van der Waals surface area contributed by atoms with Crippen molar-refractivity contribution in [3.8, 4) is 0 Å². The van der Waals surface area contributed by atoms with Crippen LogP contribution in [0, 0.1) is 0 Å². The quantitative estimate of drug-likeness (QED) is 0.734. The summed E-state index contributed by atoms with van der Waals surface area (Å²) in [6, 6.07) is 0. The number of hydrogen-bond donors (Lipinski definition) is 0. The lowest BCUT2D eigenvalue weighted by Gasteiger charge is -2.43. The van der Waals surface area contributed by atoms with E-state index in [2.05, 4.69) is 25.5 Å². The van der Waals surface area contributed by atoms with Gasteiger partial charge in [-0.1, -0.05) is 0 Å². The third-order valence-electron chi connectivity index (χ3n) is 3.10. The van der Waals surface area contributed by atoms with Crippen LogP contribution in [0.5, 0.6) is 0 Å². The van der Waals surface area contributed by atoms with Gasteiger partial charge in [-0.3, -0.25) is 4.90 Å². The van der Waals surface area contributed by atoms with Gasteiger partial charge >= 0.3 is 6.09 Å². The molecule has 19 heavy (non-hydrogen) atoms. The number of carbonyl (C=O) groups excluding carboxylic acids is 1. The molecule has 1 aliphatic rings. The molecule has 2 rings (SSSR count). The molecule has 0 N–H and O–H groups in total. The fourth-order valence-electron chi connectivity index (χ4n) is 2.16. The van der Waals surface area contributed by atoms with E-state index in [-0.39, 0.29) is 11.6 Å². The van der Waals surface area contributed by atoms with E-state index in [1.807, 2.05) is 34.6 Å². The van der Waals surface area contributed by atoms with Gasteiger partial charge in [0, 0.05) is 6.54 Å². The Morgan fingerprint density at radius 3 is 2.68 bits per heavy atom. The van der Waals surface area contributed by atoms with Gasteiger partial charge in [-0.05, 0) is 50.5 Å². The highest BCUT2D eigenvalue weighted by atomic mass is 79.9. The lowest BCUT2D eigenvalue weighted by molar-refractivity contribution is -0.00996. The minimum atomic E-state index is -0.481. The second-order valence-electron chi connectivity index (χ2n) is 6.48. The van der Waals surface area contributed by atoms with Crippen molar-refractivity contribution < 1.29 is 9.53 Å². The fraction of sp³-hybridized carbons (Fsp3) is 0.692. The zero-order valence-electron chi connectivity index (χ0n) is 12.0. The molecule has 1 aromatic heterocycles. The lowest BCUT2D eigenvalue weighted by atomic mass is 10.0. The number of ether oxygens (including phenoxy) is 1. The molecule has 0 bridgehead atoms. The largest absolute Gasteiger partial charge is 0.444 e. The van der Waals surface area contributed by atoms with Gasteiger partial charge in [-0.2, -0.15) is 0 Å². The summed E-state index contributed by atoms with van der Waals surface area (Å²) in [5.74, 6) is 0. The molecule has 0 radical (unpaired) electrons. The monoisotopic (exact) mass is 329 g/mol. The maximum Gasteiger partial charge on any atom is 0.411 e. The maximum atomic E-state index is 12.3. The zero-order valence-corrected chi connectivity index (χ0v) is 13.6. The first-order valence-electron chi connectivity index (χ1n) is 6.31. The van der Waals surface area contributed by atoms with Crippen molar-refractivity contribution in [1.82, 2.24) is 14.5 Å². The summed E-state index contributed by atoms with van der Waals surface area (Å²) < 4.78 is 8.37. The summed E-state index contributed by atoms with van der Waals surface area (Å²) in [5.41, 5.74) is 0.223. The third kappa shape index (κ3) is 2.94. The second kappa shape index (κ2) is 4.51. The standard InChI is InChI=1S/C13H20BrN3O2/c1-12(2,3)19-11(18)17-7-9-6-15-10(14)16(9)8-13(17,4)5/h6H,7-8H2,1-5H3. The van der Waals surface area contributed by atoms with Crippen LogP contribution >= 0.6 is 15.9 Å². The van der Waals surface area contributed by atoms with E-state index in [4.69, 9.17) is 4.74 Å². The number of hydrogen-bond acceptors (Lipinski definition) is 3. The van der Waals surface area contributed by atoms with Crippen LogP contribution in [0.1, 0.15) is 40.3 Å². The van der Waals surface area contributed by atoms with Crippen LogP contribution in [-0.2, 0) is 17.8 Å². The van der Waals surface area contributed by atoms with Gasteiger partial charge in [-0.25, -0.2) is 9.78 Å². The lowest BCUT2D eigenvalue weighted by Crippen LogP contribution is -2.54. The van der Waals surface area contributed by atoms with Crippen molar-refractivity contribution in [3.05, 3.63) is 16.6 Å². The number of carbonyl (C=O) groups is 1. The Morgan fingerprint density at radius 1 is 1.47 bits per heavy atom. The Kier molecular flexibility index (Phi) is 3.41. The summed E-state index contributed by atoms with van der Waals surface area (Å²) in [6.45, 7) is 10.9. The Balaban J connectivity index is 2.25. The Morgan fingerprint density at radius 2 is 2.11 bits per heavy atom. The number of aromatic nitrogens is 2. The highest BCUT2D eigenvalue weighted by Gasteiger charge is 2.39.